The van der Waals surface area contributed by atoms with E-state index in [1.807, 2.05) is 72.8 Å². The number of para-hydroxylation sites is 1. The van der Waals surface area contributed by atoms with Gasteiger partial charge in [0, 0.05) is 41.2 Å². The lowest BCUT2D eigenvalue weighted by Crippen LogP contribution is -2.36. The summed E-state index contributed by atoms with van der Waals surface area (Å²) >= 11 is 3.52. The molecule has 164 valence electrons. The number of nitrogens with zero attached hydrogens (tertiary/aromatic N) is 3. The van der Waals surface area contributed by atoms with Gasteiger partial charge in [0.05, 0.1) is 19.5 Å². The Morgan fingerprint density at radius 2 is 1.97 bits per heavy atom. The lowest BCUT2D eigenvalue weighted by atomic mass is 10.1. The number of amides is 2. The van der Waals surface area contributed by atoms with Crippen molar-refractivity contribution >= 4 is 27.6 Å². The largest absolute Gasteiger partial charge is 0.494 e. The first kappa shape index (κ1) is 22.9. The average Bonchev–Trinajstić information content (AvgIpc) is 3.25. The minimum absolute atomic E-state index is 0.120. The Balaban J connectivity index is 1.78. The Hall–Kier alpha value is -2.80. The fourth-order valence-electron chi connectivity index (χ4n) is 3.55. The van der Waals surface area contributed by atoms with Crippen LogP contribution >= 0.6 is 15.9 Å². The molecule has 1 heterocycles. The molecule has 6 nitrogen and oxygen atoms in total. The summed E-state index contributed by atoms with van der Waals surface area (Å²) in [5.74, 6) is 0.813. The van der Waals surface area contributed by atoms with Crippen LogP contribution in [0.5, 0.6) is 5.75 Å². The fraction of sp³-hybridized carbons (Fsp3) is 0.333. The lowest BCUT2D eigenvalue weighted by Gasteiger charge is -2.25. The maximum atomic E-state index is 13.3. The Morgan fingerprint density at radius 3 is 2.65 bits per heavy atom. The van der Waals surface area contributed by atoms with Gasteiger partial charge in [0.25, 0.3) is 0 Å². The molecule has 3 aromatic rings. The topological polar surface area (TPSA) is 59.4 Å². The highest BCUT2D eigenvalue weighted by atomic mass is 79.9. The van der Waals surface area contributed by atoms with Gasteiger partial charge in [-0.3, -0.25) is 0 Å². The molecular weight excluding hydrogens is 456 g/mol. The van der Waals surface area contributed by atoms with E-state index in [2.05, 4.69) is 26.2 Å². The van der Waals surface area contributed by atoms with E-state index in [1.54, 1.807) is 12.5 Å². The molecule has 3 rings (SSSR count). The summed E-state index contributed by atoms with van der Waals surface area (Å²) < 4.78 is 8.80. The van der Waals surface area contributed by atoms with Gasteiger partial charge < -0.3 is 19.5 Å². The number of carbonyl (C=O) groups excluding carboxylic acids is 1. The molecule has 0 spiro atoms. The average molecular weight is 485 g/mol. The normalized spacial score (nSPS) is 10.7. The predicted octanol–water partition coefficient (Wildman–Crippen LogP) is 5.79. The Kier molecular flexibility index (Phi) is 8.12. The van der Waals surface area contributed by atoms with Crippen LogP contribution in [0.15, 0.2) is 59.6 Å². The van der Waals surface area contributed by atoms with Crippen LogP contribution in [-0.4, -0.2) is 33.6 Å². The van der Waals surface area contributed by atoms with Gasteiger partial charge in [-0.1, -0.05) is 34.1 Å². The van der Waals surface area contributed by atoms with E-state index >= 15 is 0 Å². The van der Waals surface area contributed by atoms with Crippen LogP contribution in [0.4, 0.5) is 10.5 Å². The van der Waals surface area contributed by atoms with Crippen molar-refractivity contribution in [1.29, 1.82) is 0 Å². The number of nitrogens with one attached hydrogen (secondary N) is 1. The van der Waals surface area contributed by atoms with Gasteiger partial charge in [-0.15, -0.1) is 0 Å². The number of benzene rings is 2. The molecule has 0 unspecified atom stereocenters. The molecule has 0 radical (unpaired) electrons. The van der Waals surface area contributed by atoms with Crippen molar-refractivity contribution in [2.75, 3.05) is 18.5 Å². The first-order valence-corrected chi connectivity index (χ1v) is 11.3. The number of halogens is 1. The van der Waals surface area contributed by atoms with Crippen molar-refractivity contribution in [3.05, 3.63) is 76.3 Å². The summed E-state index contributed by atoms with van der Waals surface area (Å²) in [4.78, 5) is 19.2. The number of imidazole rings is 1. The first-order chi connectivity index (χ1) is 15.0. The highest BCUT2D eigenvalue weighted by Crippen LogP contribution is 2.26. The van der Waals surface area contributed by atoms with Gasteiger partial charge in [-0.2, -0.15) is 0 Å². The maximum Gasteiger partial charge on any atom is 0.322 e. The van der Waals surface area contributed by atoms with Crippen LogP contribution in [0, 0.1) is 13.8 Å². The fourth-order valence-corrected chi connectivity index (χ4v) is 4.23. The molecule has 31 heavy (non-hydrogen) atoms. The predicted molar refractivity (Wildman–Crippen MR) is 127 cm³/mol. The van der Waals surface area contributed by atoms with Crippen molar-refractivity contribution in [2.24, 2.45) is 0 Å². The van der Waals surface area contributed by atoms with Gasteiger partial charge in [0.2, 0.25) is 0 Å². The van der Waals surface area contributed by atoms with Crippen LogP contribution in [0.25, 0.3) is 0 Å². The van der Waals surface area contributed by atoms with Crippen molar-refractivity contribution in [1.82, 2.24) is 14.5 Å². The molecular formula is C24H29BrN4O2. The van der Waals surface area contributed by atoms with Gasteiger partial charge in [0.1, 0.15) is 5.75 Å². The standard InChI is InChI=1S/C24H29BrN4O2/c1-4-31-22-9-6-5-8-20(22)16-29(12-7-11-28-13-10-26-17-28)24(30)27-23-18(2)14-21(25)15-19(23)3/h5-6,8-10,13-15,17H,4,7,11-12,16H2,1-3H3,(H,27,30). The van der Waals surface area contributed by atoms with E-state index in [1.165, 1.54) is 0 Å². The molecule has 0 fully saturated rings. The molecule has 0 bridgehead atoms. The quantitative estimate of drug-likeness (QED) is 0.418. The van der Waals surface area contributed by atoms with E-state index in [0.29, 0.717) is 19.7 Å². The maximum absolute atomic E-state index is 13.3. The number of hydrogen-bond acceptors (Lipinski definition) is 3. The zero-order valence-corrected chi connectivity index (χ0v) is 19.9. The number of anilines is 1. The molecule has 1 aromatic heterocycles. The summed E-state index contributed by atoms with van der Waals surface area (Å²) in [6.45, 7) is 8.43. The first-order valence-electron chi connectivity index (χ1n) is 10.5. The van der Waals surface area contributed by atoms with E-state index in [0.717, 1.165) is 45.6 Å². The van der Waals surface area contributed by atoms with Crippen LogP contribution in [-0.2, 0) is 13.1 Å². The van der Waals surface area contributed by atoms with E-state index in [4.69, 9.17) is 4.74 Å². The smallest absolute Gasteiger partial charge is 0.322 e. The summed E-state index contributed by atoms with van der Waals surface area (Å²) in [6.07, 6.45) is 6.31. The zero-order valence-electron chi connectivity index (χ0n) is 18.3. The third-order valence-corrected chi connectivity index (χ3v) is 5.51. The number of aryl methyl sites for hydroxylation is 3. The summed E-state index contributed by atoms with van der Waals surface area (Å²) in [5, 5.41) is 3.13. The second-order valence-electron chi connectivity index (χ2n) is 7.46. The van der Waals surface area contributed by atoms with Crippen LogP contribution in [0.2, 0.25) is 0 Å². The summed E-state index contributed by atoms with van der Waals surface area (Å²) in [5.41, 5.74) is 3.89. The minimum Gasteiger partial charge on any atom is -0.494 e. The third-order valence-electron chi connectivity index (χ3n) is 5.05. The molecule has 0 aliphatic heterocycles. The van der Waals surface area contributed by atoms with E-state index < -0.39 is 0 Å². The molecule has 0 saturated heterocycles. The molecule has 0 saturated carbocycles. The molecule has 0 aliphatic carbocycles. The van der Waals surface area contributed by atoms with Gasteiger partial charge in [-0.05, 0) is 56.5 Å². The SMILES string of the molecule is CCOc1ccccc1CN(CCCn1ccnc1)C(=O)Nc1c(C)cc(Br)cc1C. The lowest BCUT2D eigenvalue weighted by molar-refractivity contribution is 0.206. The monoisotopic (exact) mass is 484 g/mol. The Morgan fingerprint density at radius 1 is 1.23 bits per heavy atom. The van der Waals surface area contributed by atoms with Gasteiger partial charge in [0.15, 0.2) is 0 Å². The zero-order chi connectivity index (χ0) is 22.2. The number of rotatable bonds is 9. The second-order valence-corrected chi connectivity index (χ2v) is 8.38. The number of aromatic nitrogens is 2. The van der Waals surface area contributed by atoms with E-state index in [-0.39, 0.29) is 6.03 Å². The Bertz CT molecular complexity index is 982. The Labute approximate surface area is 192 Å². The molecule has 7 heteroatoms. The number of ether oxygens (including phenoxy) is 1. The number of hydrogen-bond donors (Lipinski definition) is 1. The third kappa shape index (κ3) is 6.34. The summed E-state index contributed by atoms with van der Waals surface area (Å²) in [6, 6.07) is 11.8. The van der Waals surface area contributed by atoms with Gasteiger partial charge in [-0.25, -0.2) is 9.78 Å². The highest BCUT2D eigenvalue weighted by Gasteiger charge is 2.18. The molecule has 0 aliphatic rings. The van der Waals surface area contributed by atoms with Crippen molar-refractivity contribution < 1.29 is 9.53 Å². The molecule has 2 amide bonds. The van der Waals surface area contributed by atoms with Crippen molar-refractivity contribution in [3.8, 4) is 5.75 Å². The minimum atomic E-state index is -0.120. The number of urea groups is 1. The number of carbonyl (C=O) groups is 1. The van der Waals surface area contributed by atoms with Crippen LogP contribution in [0.1, 0.15) is 30.0 Å². The van der Waals surface area contributed by atoms with Crippen molar-refractivity contribution in [2.45, 2.75) is 40.3 Å². The van der Waals surface area contributed by atoms with Crippen molar-refractivity contribution in [3.63, 3.8) is 0 Å². The van der Waals surface area contributed by atoms with Gasteiger partial charge >= 0.3 is 6.03 Å². The van der Waals surface area contributed by atoms with E-state index in [9.17, 15) is 4.79 Å². The molecule has 1 N–H and O–H groups in total. The summed E-state index contributed by atoms with van der Waals surface area (Å²) in [7, 11) is 0. The molecule has 0 atom stereocenters. The van der Waals surface area contributed by atoms with Crippen LogP contribution < -0.4 is 10.1 Å². The second kappa shape index (κ2) is 11.0. The highest BCUT2D eigenvalue weighted by molar-refractivity contribution is 9.10. The molecule has 2 aromatic carbocycles. The van der Waals surface area contributed by atoms with Crippen LogP contribution in [0.3, 0.4) is 0 Å².